The summed E-state index contributed by atoms with van der Waals surface area (Å²) in [6.07, 6.45) is 6.82. The molecule has 2 heterocycles. The first-order valence-electron chi connectivity index (χ1n) is 15.3. The molecule has 2 aliphatic heterocycles. The molecule has 2 bridgehead atoms. The predicted octanol–water partition coefficient (Wildman–Crippen LogP) is 8.25. The fraction of sp³-hybridized carbons (Fsp3) is 0.727. The van der Waals surface area contributed by atoms with Gasteiger partial charge in [0.2, 0.25) is 0 Å². The van der Waals surface area contributed by atoms with Gasteiger partial charge < -0.3 is 13.6 Å². The minimum atomic E-state index is -2.01. The number of fused-ring (bicyclic) bond motifs is 2. The summed E-state index contributed by atoms with van der Waals surface area (Å²) < 4.78 is 22.0. The van der Waals surface area contributed by atoms with E-state index >= 15 is 0 Å². The normalized spacial score (nSPS) is 39.6. The van der Waals surface area contributed by atoms with Crippen molar-refractivity contribution in [3.05, 3.63) is 41.5 Å². The summed E-state index contributed by atoms with van der Waals surface area (Å²) in [6, 6.07) is 10.7. The lowest BCUT2D eigenvalue weighted by atomic mass is 9.59. The summed E-state index contributed by atoms with van der Waals surface area (Å²) in [7, 11) is -4.00. The highest BCUT2D eigenvalue weighted by atomic mass is 28.4. The van der Waals surface area contributed by atoms with E-state index in [1.807, 2.05) is 0 Å². The van der Waals surface area contributed by atoms with E-state index in [0.29, 0.717) is 30.6 Å². The van der Waals surface area contributed by atoms with Crippen molar-refractivity contribution in [2.45, 2.75) is 121 Å². The third kappa shape index (κ3) is 4.80. The van der Waals surface area contributed by atoms with Gasteiger partial charge in [-0.05, 0) is 80.0 Å². The van der Waals surface area contributed by atoms with Crippen LogP contribution >= 0.6 is 0 Å². The van der Waals surface area contributed by atoms with E-state index in [1.165, 1.54) is 11.1 Å². The van der Waals surface area contributed by atoms with E-state index in [9.17, 15) is 4.79 Å². The number of hydrogen-bond donors (Lipinski definition) is 0. The zero-order valence-electron chi connectivity index (χ0n) is 26.1. The molecule has 5 rings (SSSR count). The Morgan fingerprint density at radius 1 is 1.08 bits per heavy atom. The average molecular weight is 569 g/mol. The van der Waals surface area contributed by atoms with Gasteiger partial charge in [-0.25, -0.2) is 0 Å². The molecule has 0 aromatic heterocycles. The molecule has 39 heavy (non-hydrogen) atoms. The van der Waals surface area contributed by atoms with Crippen LogP contribution in [-0.2, 0) is 18.4 Å². The van der Waals surface area contributed by atoms with E-state index in [-0.39, 0.29) is 16.9 Å². The maximum atomic E-state index is 13.5. The molecule has 0 N–H and O–H groups in total. The molecule has 1 aromatic rings. The van der Waals surface area contributed by atoms with Crippen molar-refractivity contribution in [1.82, 2.24) is 0 Å². The molecule has 2 saturated carbocycles. The Morgan fingerprint density at radius 3 is 2.36 bits per heavy atom. The molecule has 4 aliphatic rings. The van der Waals surface area contributed by atoms with Crippen LogP contribution in [0.4, 0.5) is 0 Å². The quantitative estimate of drug-likeness (QED) is 0.324. The fourth-order valence-electron chi connectivity index (χ4n) is 8.34. The zero-order chi connectivity index (χ0) is 28.6. The molecule has 1 spiro atoms. The molecule has 0 unspecified atom stereocenters. The lowest BCUT2D eigenvalue weighted by molar-refractivity contribution is -0.255. The Morgan fingerprint density at radius 2 is 1.74 bits per heavy atom. The maximum Gasteiger partial charge on any atom is 0.192 e. The number of Topliss-reactive ketones (excluding diaryl/α,β-unsaturated/α-hetero) is 1. The molecule has 2 saturated heterocycles. The highest BCUT2D eigenvalue weighted by molar-refractivity contribution is 6.74. The highest BCUT2D eigenvalue weighted by Crippen LogP contribution is 2.70. The van der Waals surface area contributed by atoms with Crippen molar-refractivity contribution in [1.29, 1.82) is 0 Å². The summed E-state index contributed by atoms with van der Waals surface area (Å²) in [6.45, 7) is 23.7. The minimum absolute atomic E-state index is 0.121. The summed E-state index contributed by atoms with van der Waals surface area (Å²) in [5.41, 5.74) is 1.28. The molecule has 2 aliphatic carbocycles. The van der Waals surface area contributed by atoms with E-state index in [2.05, 4.69) is 104 Å². The number of rotatable bonds is 6. The maximum absolute atomic E-state index is 13.5. The summed E-state index contributed by atoms with van der Waals surface area (Å²) in [5, 5.41) is 0.125. The Labute approximate surface area is 239 Å². The van der Waals surface area contributed by atoms with E-state index < -0.39 is 33.4 Å². The van der Waals surface area contributed by atoms with Gasteiger partial charge in [0.25, 0.3) is 0 Å². The highest BCUT2D eigenvalue weighted by Gasteiger charge is 2.76. The first-order chi connectivity index (χ1) is 17.9. The van der Waals surface area contributed by atoms with Gasteiger partial charge in [-0.2, -0.15) is 0 Å². The van der Waals surface area contributed by atoms with Crippen molar-refractivity contribution in [3.63, 3.8) is 0 Å². The molecule has 7 atom stereocenters. The Hall–Kier alpha value is -1.06. The SMILES string of the molecule is C[C@@H]1C(=O)CC[C@@H]2C[C@@]3(CO[Si](C)(C)C(C)(C)C)C[C@]4(O[Si](C)(C)C)/C(=C\c5ccccc5)[C@@H](C)C[C@H]4[C@]21O3. The van der Waals surface area contributed by atoms with Crippen LogP contribution < -0.4 is 0 Å². The van der Waals surface area contributed by atoms with Gasteiger partial charge >= 0.3 is 0 Å². The van der Waals surface area contributed by atoms with Crippen molar-refractivity contribution >= 4 is 28.5 Å². The molecule has 0 radical (unpaired) electrons. The van der Waals surface area contributed by atoms with Crippen LogP contribution in [0.5, 0.6) is 0 Å². The van der Waals surface area contributed by atoms with E-state index in [0.717, 1.165) is 25.7 Å². The first kappa shape index (κ1) is 29.4. The smallest absolute Gasteiger partial charge is 0.192 e. The van der Waals surface area contributed by atoms with Crippen molar-refractivity contribution in [2.75, 3.05) is 6.61 Å². The largest absolute Gasteiger partial charge is 0.414 e. The number of carbonyl (C=O) groups is 1. The zero-order valence-corrected chi connectivity index (χ0v) is 28.1. The Bertz CT molecular complexity index is 1130. The van der Waals surface area contributed by atoms with Crippen LogP contribution in [0.2, 0.25) is 37.8 Å². The first-order valence-corrected chi connectivity index (χ1v) is 21.6. The third-order valence-corrected chi connectivity index (χ3v) is 16.4. The molecule has 216 valence electrons. The van der Waals surface area contributed by atoms with Gasteiger partial charge in [0.15, 0.2) is 16.6 Å². The number of ether oxygens (including phenoxy) is 1. The van der Waals surface area contributed by atoms with Gasteiger partial charge in [0.05, 0.1) is 23.4 Å². The second-order valence-corrected chi connectivity index (χ2v) is 25.0. The summed E-state index contributed by atoms with van der Waals surface area (Å²) in [5.74, 6) is 1.16. The van der Waals surface area contributed by atoms with Crippen LogP contribution in [-0.4, -0.2) is 45.8 Å². The fourth-order valence-corrected chi connectivity index (χ4v) is 10.8. The topological polar surface area (TPSA) is 44.8 Å². The standard InChI is InChI=1S/C33H52O4Si2/c1-23-18-29-32(37-38(6,7)8,27(23)19-25-14-12-11-13-15-25)21-31(22-35-39(9,10)30(3,4)5)20-26-16-17-28(34)24(2)33(26,29)36-31/h11-15,19,23-24,26,29H,16-18,20-22H2,1-10H3/b27-19-/t23-,24+,26+,29+,31-,32-,33+/m0/s1. The second-order valence-electron chi connectivity index (χ2n) is 15.8. The van der Waals surface area contributed by atoms with Gasteiger partial charge in [-0.3, -0.25) is 4.79 Å². The van der Waals surface area contributed by atoms with E-state index in [4.69, 9.17) is 13.6 Å². The summed E-state index contributed by atoms with van der Waals surface area (Å²) >= 11 is 0. The number of hydrogen-bond acceptors (Lipinski definition) is 4. The number of carbonyl (C=O) groups excluding carboxylic acids is 1. The summed E-state index contributed by atoms with van der Waals surface area (Å²) in [4.78, 5) is 13.5. The van der Waals surface area contributed by atoms with Crippen LogP contribution in [0.1, 0.15) is 72.3 Å². The Balaban J connectivity index is 1.68. The minimum Gasteiger partial charge on any atom is -0.414 e. The van der Waals surface area contributed by atoms with Gasteiger partial charge in [-0.1, -0.05) is 71.0 Å². The van der Waals surface area contributed by atoms with Crippen molar-refractivity contribution < 1.29 is 18.4 Å². The monoisotopic (exact) mass is 568 g/mol. The molecule has 4 nitrogen and oxygen atoms in total. The molecule has 4 fully saturated rings. The lowest BCUT2D eigenvalue weighted by Gasteiger charge is -2.59. The van der Waals surface area contributed by atoms with Gasteiger partial charge in [0, 0.05) is 24.7 Å². The van der Waals surface area contributed by atoms with Crippen molar-refractivity contribution in [2.24, 2.45) is 23.7 Å². The van der Waals surface area contributed by atoms with Crippen LogP contribution in [0.25, 0.3) is 6.08 Å². The van der Waals surface area contributed by atoms with Crippen LogP contribution in [0.15, 0.2) is 35.9 Å². The van der Waals surface area contributed by atoms with Gasteiger partial charge in [-0.15, -0.1) is 0 Å². The van der Waals surface area contributed by atoms with Gasteiger partial charge in [0.1, 0.15) is 5.78 Å². The molecule has 1 aromatic carbocycles. The van der Waals surface area contributed by atoms with E-state index in [1.54, 1.807) is 0 Å². The van der Waals surface area contributed by atoms with Crippen LogP contribution in [0, 0.1) is 23.7 Å². The molecular weight excluding hydrogens is 517 g/mol. The Kier molecular flexibility index (Phi) is 7.16. The molecular formula is C33H52O4Si2. The number of ketones is 1. The molecule has 0 amide bonds. The lowest BCUT2D eigenvalue weighted by Crippen LogP contribution is -2.67. The average Bonchev–Trinajstić information content (AvgIpc) is 3.26. The van der Waals surface area contributed by atoms with Crippen molar-refractivity contribution in [3.8, 4) is 0 Å². The number of benzene rings is 1. The second kappa shape index (κ2) is 9.48. The molecule has 6 heteroatoms. The van der Waals surface area contributed by atoms with Crippen LogP contribution in [0.3, 0.4) is 0 Å². The third-order valence-electron chi connectivity index (χ3n) is 11.0. The predicted molar refractivity (Wildman–Crippen MR) is 165 cm³/mol.